The second-order valence-corrected chi connectivity index (χ2v) is 13.9. The van der Waals surface area contributed by atoms with E-state index in [9.17, 15) is 14.7 Å². The molecule has 0 spiro atoms. The van der Waals surface area contributed by atoms with Crippen LogP contribution >= 0.6 is 0 Å². The first-order chi connectivity index (χ1) is 15.4. The van der Waals surface area contributed by atoms with E-state index in [1.165, 1.54) is 16.8 Å². The molecule has 0 fully saturated rings. The number of amides is 1. The Bertz CT molecular complexity index is 1170. The van der Waals surface area contributed by atoms with Crippen LogP contribution in [-0.2, 0) is 11.0 Å². The quantitative estimate of drug-likeness (QED) is 0.286. The molecule has 0 aliphatic rings. The number of carbonyl (C=O) groups is 2. The Hall–Kier alpha value is -3.51. The molecular weight excluding hydrogens is 442 g/mol. The third kappa shape index (κ3) is 5.29. The zero-order chi connectivity index (χ0) is 24.4. The van der Waals surface area contributed by atoms with E-state index < -0.39 is 20.2 Å². The lowest BCUT2D eigenvalue weighted by Gasteiger charge is -2.36. The van der Waals surface area contributed by atoms with Crippen molar-refractivity contribution >= 4 is 43.0 Å². The summed E-state index contributed by atoms with van der Waals surface area (Å²) in [6.45, 7) is 11.3. The monoisotopic (exact) mass is 471 g/mol. The zero-order valence-corrected chi connectivity index (χ0v) is 20.3. The maximum absolute atomic E-state index is 12.3. The van der Waals surface area contributed by atoms with Crippen LogP contribution in [0.1, 0.15) is 41.7 Å². The molecule has 0 saturated carbocycles. The van der Waals surface area contributed by atoms with Crippen LogP contribution in [0.5, 0.6) is 0 Å². The highest BCUT2D eigenvalue weighted by molar-refractivity contribution is 6.74. The third-order valence-electron chi connectivity index (χ3n) is 5.77. The fraction of sp³-hybridized carbons (Fsp3) is 0.381. The van der Waals surface area contributed by atoms with Gasteiger partial charge in [-0.3, -0.25) is 20.6 Å². The molecular formula is C21H29N7O4Si. The zero-order valence-electron chi connectivity index (χ0n) is 19.3. The summed E-state index contributed by atoms with van der Waals surface area (Å²) >= 11 is 0. The standard InChI is InChI=1S/C21H29N7O4Si/c1-21(2,3)33(4,5)32-11-10-28-15(19(30)31)12-13-16(24-20(22)25-17(13)28)26-27-18(29)14-8-6-7-9-23-14/h6-9,12H,10-11H2,1-5H3,(H,27,29)(H,30,31)(H3,22,24,25,26). The lowest BCUT2D eigenvalue weighted by atomic mass is 10.2. The van der Waals surface area contributed by atoms with Gasteiger partial charge in [-0.05, 0) is 36.3 Å². The summed E-state index contributed by atoms with van der Waals surface area (Å²) < 4.78 is 7.75. The molecule has 3 aromatic heterocycles. The van der Waals surface area contributed by atoms with Crippen LogP contribution in [-0.4, -0.2) is 51.4 Å². The fourth-order valence-electron chi connectivity index (χ4n) is 2.93. The molecule has 33 heavy (non-hydrogen) atoms. The lowest BCUT2D eigenvalue weighted by Crippen LogP contribution is -2.41. The first-order valence-corrected chi connectivity index (χ1v) is 13.3. The number of hydrogen-bond donors (Lipinski definition) is 4. The number of carboxylic acids is 1. The minimum atomic E-state index is -2.01. The predicted octanol–water partition coefficient (Wildman–Crippen LogP) is 2.89. The molecule has 3 heterocycles. The number of fused-ring (bicyclic) bond motifs is 1. The normalized spacial score (nSPS) is 12.0. The van der Waals surface area contributed by atoms with Crippen LogP contribution in [0, 0.1) is 0 Å². The van der Waals surface area contributed by atoms with Crippen molar-refractivity contribution in [2.24, 2.45) is 0 Å². The van der Waals surface area contributed by atoms with Gasteiger partial charge in [-0.1, -0.05) is 26.8 Å². The number of nitrogens with one attached hydrogen (secondary N) is 2. The summed E-state index contributed by atoms with van der Waals surface area (Å²) in [7, 11) is -2.01. The second kappa shape index (κ2) is 9.15. The molecule has 0 saturated heterocycles. The number of aromatic carboxylic acids is 1. The number of nitrogens with zero attached hydrogens (tertiary/aromatic N) is 4. The van der Waals surface area contributed by atoms with Gasteiger partial charge in [0.15, 0.2) is 14.1 Å². The molecule has 0 unspecified atom stereocenters. The van der Waals surface area contributed by atoms with Crippen molar-refractivity contribution in [3.05, 3.63) is 41.9 Å². The summed E-state index contributed by atoms with van der Waals surface area (Å²) in [5.41, 5.74) is 11.6. The van der Waals surface area contributed by atoms with Crippen LogP contribution in [0.4, 0.5) is 11.8 Å². The maximum atomic E-state index is 12.3. The van der Waals surface area contributed by atoms with Crippen molar-refractivity contribution in [2.45, 2.75) is 45.4 Å². The molecule has 1 amide bonds. The first-order valence-electron chi connectivity index (χ1n) is 10.4. The minimum absolute atomic E-state index is 0.0165. The number of hydrogen-bond acceptors (Lipinski definition) is 8. The molecule has 0 aliphatic heterocycles. The summed E-state index contributed by atoms with van der Waals surface area (Å²) in [6, 6.07) is 6.39. The second-order valence-electron chi connectivity index (χ2n) is 9.06. The average Bonchev–Trinajstić information content (AvgIpc) is 3.10. The van der Waals surface area contributed by atoms with E-state index in [4.69, 9.17) is 10.2 Å². The number of anilines is 2. The SMILES string of the molecule is CC(C)(C)[Si](C)(C)OCCn1c(C(=O)O)cc2c(NNC(=O)c3ccccn3)nc(N)nc21. The Balaban J connectivity index is 1.88. The highest BCUT2D eigenvalue weighted by Gasteiger charge is 2.37. The van der Waals surface area contributed by atoms with Gasteiger partial charge in [0.05, 0.1) is 12.0 Å². The minimum Gasteiger partial charge on any atom is -0.477 e. The average molecular weight is 472 g/mol. The van der Waals surface area contributed by atoms with Crippen molar-refractivity contribution in [3.63, 3.8) is 0 Å². The van der Waals surface area contributed by atoms with Crippen LogP contribution in [0.3, 0.4) is 0 Å². The Morgan fingerprint density at radius 1 is 1.24 bits per heavy atom. The van der Waals surface area contributed by atoms with Gasteiger partial charge in [0.25, 0.3) is 5.91 Å². The van der Waals surface area contributed by atoms with E-state index in [0.717, 1.165) is 0 Å². The van der Waals surface area contributed by atoms with E-state index in [2.05, 4.69) is 59.7 Å². The number of aromatic nitrogens is 4. The predicted molar refractivity (Wildman–Crippen MR) is 127 cm³/mol. The maximum Gasteiger partial charge on any atom is 0.352 e. The number of carboxylic acid groups (broad SMARTS) is 1. The summed E-state index contributed by atoms with van der Waals surface area (Å²) in [5.74, 6) is -1.50. The number of nitrogen functional groups attached to an aromatic ring is 1. The van der Waals surface area contributed by atoms with Crippen molar-refractivity contribution in [2.75, 3.05) is 17.8 Å². The molecule has 176 valence electrons. The highest BCUT2D eigenvalue weighted by Crippen LogP contribution is 2.36. The number of nitrogens with two attached hydrogens (primary N) is 1. The Morgan fingerprint density at radius 3 is 2.58 bits per heavy atom. The molecule has 3 rings (SSSR count). The molecule has 12 heteroatoms. The molecule has 0 aromatic carbocycles. The number of hydrazine groups is 1. The van der Waals surface area contributed by atoms with E-state index in [-0.39, 0.29) is 34.7 Å². The molecule has 0 aliphatic carbocycles. The summed E-state index contributed by atoms with van der Waals surface area (Å²) in [4.78, 5) is 36.6. The fourth-order valence-corrected chi connectivity index (χ4v) is 3.96. The van der Waals surface area contributed by atoms with Crippen molar-refractivity contribution in [1.82, 2.24) is 24.9 Å². The largest absolute Gasteiger partial charge is 0.477 e. The van der Waals surface area contributed by atoms with Crippen LogP contribution in [0.25, 0.3) is 11.0 Å². The lowest BCUT2D eigenvalue weighted by molar-refractivity contribution is 0.0684. The number of carbonyl (C=O) groups excluding carboxylic acids is 1. The molecule has 0 radical (unpaired) electrons. The number of rotatable bonds is 8. The Morgan fingerprint density at radius 2 is 1.97 bits per heavy atom. The van der Waals surface area contributed by atoms with Gasteiger partial charge in [-0.25, -0.2) is 4.79 Å². The smallest absolute Gasteiger partial charge is 0.352 e. The topological polar surface area (TPSA) is 157 Å². The van der Waals surface area contributed by atoms with Crippen LogP contribution < -0.4 is 16.6 Å². The number of pyridine rings is 1. The van der Waals surface area contributed by atoms with Crippen molar-refractivity contribution < 1.29 is 19.1 Å². The van der Waals surface area contributed by atoms with Gasteiger partial charge in [0.1, 0.15) is 17.0 Å². The molecule has 11 nitrogen and oxygen atoms in total. The van der Waals surface area contributed by atoms with Gasteiger partial charge >= 0.3 is 5.97 Å². The van der Waals surface area contributed by atoms with Crippen LogP contribution in [0.2, 0.25) is 18.1 Å². The van der Waals surface area contributed by atoms with Crippen molar-refractivity contribution in [1.29, 1.82) is 0 Å². The third-order valence-corrected chi connectivity index (χ3v) is 10.3. The summed E-state index contributed by atoms with van der Waals surface area (Å²) in [5, 5.41) is 10.2. The van der Waals surface area contributed by atoms with E-state index in [1.807, 2.05) is 0 Å². The van der Waals surface area contributed by atoms with E-state index in [1.54, 1.807) is 18.2 Å². The first kappa shape index (κ1) is 24.1. The van der Waals surface area contributed by atoms with E-state index >= 15 is 0 Å². The van der Waals surface area contributed by atoms with Crippen LogP contribution in [0.15, 0.2) is 30.5 Å². The van der Waals surface area contributed by atoms with Gasteiger partial charge < -0.3 is 19.8 Å². The Labute approximate surface area is 192 Å². The molecule has 0 atom stereocenters. The molecule has 3 aromatic rings. The van der Waals surface area contributed by atoms with Gasteiger partial charge in [-0.15, -0.1) is 0 Å². The summed E-state index contributed by atoms with van der Waals surface area (Å²) in [6.07, 6.45) is 1.50. The van der Waals surface area contributed by atoms with E-state index in [0.29, 0.717) is 17.6 Å². The van der Waals surface area contributed by atoms with Gasteiger partial charge in [0, 0.05) is 12.7 Å². The molecule has 0 bridgehead atoms. The van der Waals surface area contributed by atoms with Gasteiger partial charge in [0.2, 0.25) is 5.95 Å². The highest BCUT2D eigenvalue weighted by atomic mass is 28.4. The molecule has 5 N–H and O–H groups in total. The Kier molecular flexibility index (Phi) is 6.70. The van der Waals surface area contributed by atoms with Crippen molar-refractivity contribution in [3.8, 4) is 0 Å². The van der Waals surface area contributed by atoms with Gasteiger partial charge in [-0.2, -0.15) is 9.97 Å².